The molecule has 0 aromatic heterocycles. The summed E-state index contributed by atoms with van der Waals surface area (Å²) in [6.07, 6.45) is 0.154. The number of hydrogen-bond acceptors (Lipinski definition) is 6. The maximum Gasteiger partial charge on any atom is 0.184 e. The van der Waals surface area contributed by atoms with Crippen molar-refractivity contribution < 1.29 is 28.8 Å². The van der Waals surface area contributed by atoms with E-state index in [1.165, 1.54) is 0 Å². The molecular weight excluding hydrogens is 324 g/mol. The van der Waals surface area contributed by atoms with Crippen LogP contribution in [0, 0.1) is 5.92 Å². The molecule has 1 N–H and O–H groups in total. The van der Waals surface area contributed by atoms with Crippen molar-refractivity contribution in [2.45, 2.75) is 55.8 Å². The number of fused-ring (bicyclic) bond motifs is 3. The number of methoxy groups -OCH3 is 2. The summed E-state index contributed by atoms with van der Waals surface area (Å²) in [5, 5.41) is 10.3. The number of aliphatic hydroxyl groups is 1. The predicted molar refractivity (Wildman–Crippen MR) is 88.8 cm³/mol. The van der Waals surface area contributed by atoms with Crippen LogP contribution in [-0.4, -0.2) is 56.1 Å². The number of benzene rings is 1. The smallest absolute Gasteiger partial charge is 0.184 e. The van der Waals surface area contributed by atoms with Gasteiger partial charge in [-0.1, -0.05) is 30.3 Å². The highest BCUT2D eigenvalue weighted by molar-refractivity contribution is 5.17. The van der Waals surface area contributed by atoms with Crippen molar-refractivity contribution >= 4 is 0 Å². The minimum atomic E-state index is -0.641. The van der Waals surface area contributed by atoms with E-state index in [2.05, 4.69) is 0 Å². The summed E-state index contributed by atoms with van der Waals surface area (Å²) in [7, 11) is 3.34. The van der Waals surface area contributed by atoms with Gasteiger partial charge in [0.05, 0.1) is 12.7 Å². The topological polar surface area (TPSA) is 66.4 Å². The molecule has 1 aromatic carbocycles. The average molecular weight is 350 g/mol. The molecule has 0 unspecified atom stereocenters. The predicted octanol–water partition coefficient (Wildman–Crippen LogP) is 2.02. The lowest BCUT2D eigenvalue weighted by atomic mass is 9.67. The summed E-state index contributed by atoms with van der Waals surface area (Å²) in [5.41, 5.74) is 0.326. The molecule has 2 aliphatic heterocycles. The molecule has 1 aliphatic carbocycles. The van der Waals surface area contributed by atoms with Crippen LogP contribution in [0.25, 0.3) is 0 Å². The van der Waals surface area contributed by atoms with Gasteiger partial charge in [0.2, 0.25) is 0 Å². The van der Waals surface area contributed by atoms with Crippen molar-refractivity contribution in [3.63, 3.8) is 0 Å². The Morgan fingerprint density at radius 2 is 1.92 bits per heavy atom. The third-order valence-electron chi connectivity index (χ3n) is 5.82. The SMILES string of the molecule is CO[C@H]1O[C@@H]2CO[C@@H](c3ccccc3)O[C@H]2[C@]2(OC)C[C@H](O)CC[C@@H]12. The van der Waals surface area contributed by atoms with Gasteiger partial charge in [-0.05, 0) is 12.8 Å². The van der Waals surface area contributed by atoms with Gasteiger partial charge in [0.1, 0.15) is 17.8 Å². The van der Waals surface area contributed by atoms with Crippen LogP contribution >= 0.6 is 0 Å². The number of ether oxygens (including phenoxy) is 5. The molecule has 0 radical (unpaired) electrons. The summed E-state index contributed by atoms with van der Waals surface area (Å²) < 4.78 is 30.0. The normalized spacial score (nSPS) is 44.0. The summed E-state index contributed by atoms with van der Waals surface area (Å²) in [4.78, 5) is 0. The standard InChI is InChI=1S/C19H26O6/c1-21-18-14-9-8-13(20)10-19(14,22-2)16-15(24-18)11-23-17(25-16)12-6-4-3-5-7-12/h3-7,13-18,20H,8-11H2,1-2H3/t13-,14+,15-,16-,17-,18+,19+/m1/s1. The summed E-state index contributed by atoms with van der Waals surface area (Å²) in [6, 6.07) is 9.86. The van der Waals surface area contributed by atoms with Crippen LogP contribution in [0.1, 0.15) is 31.1 Å². The molecule has 25 heavy (non-hydrogen) atoms. The fourth-order valence-electron chi connectivity index (χ4n) is 4.62. The molecule has 1 aromatic rings. The molecule has 3 aliphatic rings. The first-order valence-electron chi connectivity index (χ1n) is 8.91. The van der Waals surface area contributed by atoms with Crippen molar-refractivity contribution in [2.75, 3.05) is 20.8 Å². The molecule has 4 rings (SSSR count). The number of aliphatic hydroxyl groups excluding tert-OH is 1. The molecule has 6 heteroatoms. The van der Waals surface area contributed by atoms with E-state index in [9.17, 15) is 5.11 Å². The van der Waals surface area contributed by atoms with Gasteiger partial charge >= 0.3 is 0 Å². The Hall–Kier alpha value is -1.02. The van der Waals surface area contributed by atoms with Crippen molar-refractivity contribution in [1.29, 1.82) is 0 Å². The van der Waals surface area contributed by atoms with Crippen LogP contribution < -0.4 is 0 Å². The van der Waals surface area contributed by atoms with E-state index < -0.39 is 18.0 Å². The Labute approximate surface area is 148 Å². The molecule has 0 spiro atoms. The second-order valence-corrected chi connectivity index (χ2v) is 7.11. The van der Waals surface area contributed by atoms with E-state index in [1.54, 1.807) is 14.2 Å². The largest absolute Gasteiger partial charge is 0.393 e. The molecular formula is C19H26O6. The Morgan fingerprint density at radius 3 is 2.64 bits per heavy atom. The van der Waals surface area contributed by atoms with Crippen molar-refractivity contribution in [3.8, 4) is 0 Å². The van der Waals surface area contributed by atoms with E-state index >= 15 is 0 Å². The summed E-state index contributed by atoms with van der Waals surface area (Å²) >= 11 is 0. The first kappa shape index (κ1) is 17.4. The van der Waals surface area contributed by atoms with Crippen LogP contribution in [0.2, 0.25) is 0 Å². The van der Waals surface area contributed by atoms with Crippen molar-refractivity contribution in [3.05, 3.63) is 35.9 Å². The van der Waals surface area contributed by atoms with Crippen LogP contribution in [0.5, 0.6) is 0 Å². The van der Waals surface area contributed by atoms with Gasteiger partial charge in [-0.3, -0.25) is 0 Å². The molecule has 6 nitrogen and oxygen atoms in total. The first-order valence-corrected chi connectivity index (χ1v) is 8.91. The molecule has 0 bridgehead atoms. The highest BCUT2D eigenvalue weighted by Gasteiger charge is 2.61. The Bertz CT molecular complexity index is 581. The molecule has 7 atom stereocenters. The Morgan fingerprint density at radius 1 is 1.12 bits per heavy atom. The van der Waals surface area contributed by atoms with Crippen LogP contribution in [0.3, 0.4) is 0 Å². The van der Waals surface area contributed by atoms with Gasteiger partial charge in [0, 0.05) is 32.1 Å². The quantitative estimate of drug-likeness (QED) is 0.900. The van der Waals surface area contributed by atoms with Gasteiger partial charge in [-0.25, -0.2) is 0 Å². The zero-order valence-electron chi connectivity index (χ0n) is 14.7. The zero-order chi connectivity index (χ0) is 17.4. The van der Waals surface area contributed by atoms with E-state index in [-0.39, 0.29) is 24.4 Å². The fourth-order valence-corrected chi connectivity index (χ4v) is 4.62. The molecule has 2 heterocycles. The first-order chi connectivity index (χ1) is 12.2. The Kier molecular flexibility index (Phi) is 4.83. The fraction of sp³-hybridized carbons (Fsp3) is 0.684. The van der Waals surface area contributed by atoms with E-state index in [0.29, 0.717) is 13.0 Å². The highest BCUT2D eigenvalue weighted by atomic mass is 16.7. The molecule has 138 valence electrons. The third kappa shape index (κ3) is 2.91. The van der Waals surface area contributed by atoms with Gasteiger partial charge in [0.15, 0.2) is 12.6 Å². The second-order valence-electron chi connectivity index (χ2n) is 7.11. The minimum Gasteiger partial charge on any atom is -0.393 e. The molecule has 0 amide bonds. The zero-order valence-corrected chi connectivity index (χ0v) is 14.7. The third-order valence-corrected chi connectivity index (χ3v) is 5.82. The minimum absolute atomic E-state index is 0.0154. The summed E-state index contributed by atoms with van der Waals surface area (Å²) in [6.45, 7) is 0.401. The van der Waals surface area contributed by atoms with E-state index in [0.717, 1.165) is 18.4 Å². The van der Waals surface area contributed by atoms with E-state index in [4.69, 9.17) is 23.7 Å². The monoisotopic (exact) mass is 350 g/mol. The van der Waals surface area contributed by atoms with Gasteiger partial charge in [-0.15, -0.1) is 0 Å². The van der Waals surface area contributed by atoms with Gasteiger partial charge in [0.25, 0.3) is 0 Å². The maximum atomic E-state index is 10.3. The van der Waals surface area contributed by atoms with Gasteiger partial charge < -0.3 is 28.8 Å². The lowest BCUT2D eigenvalue weighted by molar-refractivity contribution is -0.387. The number of hydrogen-bond donors (Lipinski definition) is 1. The second kappa shape index (κ2) is 6.95. The lowest BCUT2D eigenvalue weighted by Crippen LogP contribution is -2.69. The van der Waals surface area contributed by atoms with Crippen molar-refractivity contribution in [2.24, 2.45) is 5.92 Å². The molecule has 2 saturated heterocycles. The van der Waals surface area contributed by atoms with Crippen molar-refractivity contribution in [1.82, 2.24) is 0 Å². The number of rotatable bonds is 3. The lowest BCUT2D eigenvalue weighted by Gasteiger charge is -2.58. The van der Waals surface area contributed by atoms with E-state index in [1.807, 2.05) is 30.3 Å². The average Bonchev–Trinajstić information content (AvgIpc) is 2.67. The Balaban J connectivity index is 1.65. The van der Waals surface area contributed by atoms with Crippen LogP contribution in [-0.2, 0) is 23.7 Å². The molecule has 1 saturated carbocycles. The van der Waals surface area contributed by atoms with Gasteiger partial charge in [-0.2, -0.15) is 0 Å². The maximum absolute atomic E-state index is 10.3. The van der Waals surface area contributed by atoms with Crippen LogP contribution in [0.4, 0.5) is 0 Å². The highest BCUT2D eigenvalue weighted by Crippen LogP contribution is 2.50. The van der Waals surface area contributed by atoms with Crippen LogP contribution in [0.15, 0.2) is 30.3 Å². The molecule has 3 fully saturated rings. The summed E-state index contributed by atoms with van der Waals surface area (Å²) in [5.74, 6) is 0.0154.